The Morgan fingerprint density at radius 2 is 2.00 bits per heavy atom. The summed E-state index contributed by atoms with van der Waals surface area (Å²) in [5, 5.41) is 0. The summed E-state index contributed by atoms with van der Waals surface area (Å²) < 4.78 is 0. The highest BCUT2D eigenvalue weighted by Gasteiger charge is 2.29. The van der Waals surface area contributed by atoms with Crippen LogP contribution in [0.1, 0.15) is 37.2 Å². The van der Waals surface area contributed by atoms with Crippen LogP contribution in [0.5, 0.6) is 0 Å². The minimum absolute atomic E-state index is 0.0333. The van der Waals surface area contributed by atoms with Crippen LogP contribution in [0.2, 0.25) is 0 Å². The third-order valence-electron chi connectivity index (χ3n) is 3.34. The van der Waals surface area contributed by atoms with Crippen molar-refractivity contribution in [2.75, 3.05) is 0 Å². The molecule has 1 aliphatic rings. The number of ketones is 1. The summed E-state index contributed by atoms with van der Waals surface area (Å²) in [6, 6.07) is 9.97. The van der Waals surface area contributed by atoms with Gasteiger partial charge in [-0.15, -0.1) is 6.42 Å². The van der Waals surface area contributed by atoms with Crippen molar-refractivity contribution < 1.29 is 4.79 Å². The summed E-state index contributed by atoms with van der Waals surface area (Å²) >= 11 is 0. The number of hydrogen-bond acceptors (Lipinski definition) is 1. The lowest BCUT2D eigenvalue weighted by Crippen LogP contribution is -2.24. The van der Waals surface area contributed by atoms with E-state index < -0.39 is 0 Å². The van der Waals surface area contributed by atoms with Crippen LogP contribution in [0.3, 0.4) is 0 Å². The minimum Gasteiger partial charge on any atom is -0.299 e. The molecule has 0 heterocycles. The molecule has 1 aromatic rings. The van der Waals surface area contributed by atoms with Crippen LogP contribution in [-0.2, 0) is 4.79 Å². The van der Waals surface area contributed by atoms with Gasteiger partial charge in [0.1, 0.15) is 5.78 Å². The van der Waals surface area contributed by atoms with Crippen LogP contribution in [0.15, 0.2) is 30.3 Å². The van der Waals surface area contributed by atoms with Crippen LogP contribution >= 0.6 is 0 Å². The van der Waals surface area contributed by atoms with Crippen molar-refractivity contribution in [2.45, 2.75) is 31.6 Å². The molecule has 0 saturated heterocycles. The molecule has 1 aliphatic carbocycles. The first-order chi connectivity index (χ1) is 7.83. The topological polar surface area (TPSA) is 17.1 Å². The van der Waals surface area contributed by atoms with Gasteiger partial charge in [0.25, 0.3) is 0 Å². The molecular weight excluding hydrogens is 196 g/mol. The van der Waals surface area contributed by atoms with E-state index in [2.05, 4.69) is 5.92 Å². The standard InChI is InChI=1S/C15H16O/c1-2-13(12-8-4-3-5-9-12)14-10-6-7-11-15(14)16/h1,3-5,8-9,13-14H,6-7,10-11H2. The molecule has 0 amide bonds. The normalized spacial score (nSPS) is 22.4. The zero-order valence-electron chi connectivity index (χ0n) is 9.36. The maximum atomic E-state index is 11.9. The van der Waals surface area contributed by atoms with Crippen molar-refractivity contribution in [2.24, 2.45) is 5.92 Å². The highest BCUT2D eigenvalue weighted by Crippen LogP contribution is 2.33. The molecule has 1 heteroatoms. The third kappa shape index (κ3) is 2.17. The molecule has 16 heavy (non-hydrogen) atoms. The van der Waals surface area contributed by atoms with Crippen molar-refractivity contribution in [1.29, 1.82) is 0 Å². The van der Waals surface area contributed by atoms with Crippen LogP contribution in [0, 0.1) is 18.3 Å². The highest BCUT2D eigenvalue weighted by molar-refractivity contribution is 5.83. The minimum atomic E-state index is -0.0333. The quantitative estimate of drug-likeness (QED) is 0.688. The van der Waals surface area contributed by atoms with Gasteiger partial charge in [-0.3, -0.25) is 4.79 Å². The molecule has 2 atom stereocenters. The highest BCUT2D eigenvalue weighted by atomic mass is 16.1. The number of terminal acetylenes is 1. The van der Waals surface area contributed by atoms with Gasteiger partial charge in [0.15, 0.2) is 0 Å². The largest absolute Gasteiger partial charge is 0.299 e. The van der Waals surface area contributed by atoms with E-state index in [4.69, 9.17) is 6.42 Å². The molecule has 0 spiro atoms. The molecule has 2 unspecified atom stereocenters. The predicted molar refractivity (Wildman–Crippen MR) is 65.0 cm³/mol. The lowest BCUT2D eigenvalue weighted by Gasteiger charge is -2.25. The Kier molecular flexibility index (Phi) is 3.41. The number of rotatable bonds is 2. The van der Waals surface area contributed by atoms with Gasteiger partial charge >= 0.3 is 0 Å². The van der Waals surface area contributed by atoms with Crippen molar-refractivity contribution in [3.63, 3.8) is 0 Å². The zero-order valence-corrected chi connectivity index (χ0v) is 9.36. The van der Waals surface area contributed by atoms with E-state index >= 15 is 0 Å². The van der Waals surface area contributed by atoms with E-state index in [-0.39, 0.29) is 11.8 Å². The second-order valence-corrected chi connectivity index (χ2v) is 4.37. The number of carbonyl (C=O) groups excluding carboxylic acids is 1. The number of hydrogen-bond donors (Lipinski definition) is 0. The first-order valence-corrected chi connectivity index (χ1v) is 5.86. The fourth-order valence-corrected chi connectivity index (χ4v) is 2.47. The van der Waals surface area contributed by atoms with Crippen LogP contribution in [0.25, 0.3) is 0 Å². The molecule has 1 saturated carbocycles. The molecule has 0 aromatic heterocycles. The second-order valence-electron chi connectivity index (χ2n) is 4.37. The van der Waals surface area contributed by atoms with Crippen LogP contribution < -0.4 is 0 Å². The Balaban J connectivity index is 2.23. The lowest BCUT2D eigenvalue weighted by molar-refractivity contribution is -0.124. The van der Waals surface area contributed by atoms with Crippen molar-refractivity contribution in [1.82, 2.24) is 0 Å². The number of benzene rings is 1. The Morgan fingerprint density at radius 1 is 1.25 bits per heavy atom. The molecule has 0 N–H and O–H groups in total. The van der Waals surface area contributed by atoms with Crippen LogP contribution in [-0.4, -0.2) is 5.78 Å². The molecule has 82 valence electrons. The average Bonchev–Trinajstić information content (AvgIpc) is 2.34. The van der Waals surface area contributed by atoms with Gasteiger partial charge in [-0.05, 0) is 18.4 Å². The maximum absolute atomic E-state index is 11.9. The van der Waals surface area contributed by atoms with Crippen molar-refractivity contribution in [3.8, 4) is 12.3 Å². The van der Waals surface area contributed by atoms with E-state index in [1.54, 1.807) is 0 Å². The Labute approximate surface area is 96.9 Å². The lowest BCUT2D eigenvalue weighted by atomic mass is 9.76. The second kappa shape index (κ2) is 4.99. The van der Waals surface area contributed by atoms with E-state index in [1.165, 1.54) is 0 Å². The molecule has 2 rings (SSSR count). The Hall–Kier alpha value is -1.55. The van der Waals surface area contributed by atoms with Crippen molar-refractivity contribution in [3.05, 3.63) is 35.9 Å². The first kappa shape index (κ1) is 11.0. The average molecular weight is 212 g/mol. The smallest absolute Gasteiger partial charge is 0.137 e. The van der Waals surface area contributed by atoms with Gasteiger partial charge in [0.2, 0.25) is 0 Å². The molecule has 0 bridgehead atoms. The fourth-order valence-electron chi connectivity index (χ4n) is 2.47. The molecule has 0 aliphatic heterocycles. The fraction of sp³-hybridized carbons (Fsp3) is 0.400. The SMILES string of the molecule is C#CC(c1ccccc1)C1CCCCC1=O. The van der Waals surface area contributed by atoms with Gasteiger partial charge in [-0.2, -0.15) is 0 Å². The monoisotopic (exact) mass is 212 g/mol. The van der Waals surface area contributed by atoms with E-state index in [0.29, 0.717) is 12.2 Å². The van der Waals surface area contributed by atoms with Crippen molar-refractivity contribution >= 4 is 5.78 Å². The Bertz CT molecular complexity index is 399. The summed E-state index contributed by atoms with van der Waals surface area (Å²) in [5.41, 5.74) is 1.10. The summed E-state index contributed by atoms with van der Waals surface area (Å²) in [7, 11) is 0. The van der Waals surface area contributed by atoms with Gasteiger partial charge in [-0.1, -0.05) is 42.7 Å². The number of carbonyl (C=O) groups is 1. The molecular formula is C15H16O. The maximum Gasteiger partial charge on any atom is 0.137 e. The van der Waals surface area contributed by atoms with Gasteiger partial charge in [-0.25, -0.2) is 0 Å². The summed E-state index contributed by atoms with van der Waals surface area (Å²) in [4.78, 5) is 11.9. The molecule has 0 radical (unpaired) electrons. The molecule has 1 fully saturated rings. The van der Waals surface area contributed by atoms with Crippen LogP contribution in [0.4, 0.5) is 0 Å². The Morgan fingerprint density at radius 3 is 2.62 bits per heavy atom. The zero-order chi connectivity index (χ0) is 11.4. The molecule has 1 nitrogen and oxygen atoms in total. The van der Waals surface area contributed by atoms with E-state index in [9.17, 15) is 4.79 Å². The van der Waals surface area contributed by atoms with Gasteiger partial charge in [0.05, 0.1) is 5.92 Å². The predicted octanol–water partition coefficient (Wildman–Crippen LogP) is 3.16. The van der Waals surface area contributed by atoms with E-state index in [1.807, 2.05) is 30.3 Å². The number of Topliss-reactive ketones (excluding diaryl/α,β-unsaturated/α-hetero) is 1. The van der Waals surface area contributed by atoms with E-state index in [0.717, 1.165) is 24.8 Å². The first-order valence-electron chi connectivity index (χ1n) is 5.86. The third-order valence-corrected chi connectivity index (χ3v) is 3.34. The van der Waals surface area contributed by atoms with Gasteiger partial charge in [0, 0.05) is 12.3 Å². The molecule has 1 aromatic carbocycles. The summed E-state index contributed by atoms with van der Waals surface area (Å²) in [6.45, 7) is 0. The summed E-state index contributed by atoms with van der Waals surface area (Å²) in [6.07, 6.45) is 9.40. The summed E-state index contributed by atoms with van der Waals surface area (Å²) in [5.74, 6) is 3.15. The van der Waals surface area contributed by atoms with Gasteiger partial charge < -0.3 is 0 Å².